The first kappa shape index (κ1) is 23.3. The third-order valence-electron chi connectivity index (χ3n) is 5.66. The topological polar surface area (TPSA) is 71.3 Å². The van der Waals surface area contributed by atoms with E-state index in [4.69, 9.17) is 9.47 Å². The van der Waals surface area contributed by atoms with E-state index in [1.54, 1.807) is 36.4 Å². The van der Waals surface area contributed by atoms with E-state index in [2.05, 4.69) is 12.2 Å². The van der Waals surface area contributed by atoms with Crippen LogP contribution in [-0.4, -0.2) is 18.6 Å². The molecule has 2 aromatic rings. The van der Waals surface area contributed by atoms with Gasteiger partial charge in [-0.3, -0.25) is 4.79 Å². The molecule has 0 spiro atoms. The van der Waals surface area contributed by atoms with E-state index >= 15 is 0 Å². The fourth-order valence-electron chi connectivity index (χ4n) is 3.88. The van der Waals surface area contributed by atoms with E-state index in [-0.39, 0.29) is 29.9 Å². The Bertz CT molecular complexity index is 1010. The molecule has 1 aliphatic carbocycles. The molecule has 32 heavy (non-hydrogen) atoms. The van der Waals surface area contributed by atoms with Crippen LogP contribution in [0.25, 0.3) is 6.08 Å². The Labute approximate surface area is 188 Å². The molecule has 0 aromatic heterocycles. The number of ether oxygens (including phenoxy) is 2. The van der Waals surface area contributed by atoms with Gasteiger partial charge in [0.15, 0.2) is 11.5 Å². The van der Waals surface area contributed by atoms with Gasteiger partial charge in [0.2, 0.25) is 0 Å². The second-order valence-corrected chi connectivity index (χ2v) is 8.07. The molecule has 1 amide bonds. The first-order chi connectivity index (χ1) is 15.5. The van der Waals surface area contributed by atoms with Crippen molar-refractivity contribution in [2.75, 3.05) is 6.61 Å². The van der Waals surface area contributed by atoms with Crippen LogP contribution >= 0.6 is 0 Å². The number of carbonyl (C=O) groups is 1. The average molecular weight is 437 g/mol. The smallest absolute Gasteiger partial charge is 0.262 e. The highest BCUT2D eigenvalue weighted by Gasteiger charge is 2.24. The average Bonchev–Trinajstić information content (AvgIpc) is 2.78. The highest BCUT2D eigenvalue weighted by molar-refractivity contribution is 6.01. The van der Waals surface area contributed by atoms with Crippen molar-refractivity contribution in [3.63, 3.8) is 0 Å². The molecular weight excluding hydrogens is 407 g/mol. The molecule has 5 nitrogen and oxygen atoms in total. The molecule has 168 valence electrons. The van der Waals surface area contributed by atoms with Gasteiger partial charge in [0, 0.05) is 6.04 Å². The number of hydrogen-bond donors (Lipinski definition) is 1. The van der Waals surface area contributed by atoms with Crippen molar-refractivity contribution >= 4 is 12.0 Å². The zero-order chi connectivity index (χ0) is 22.9. The first-order valence-electron chi connectivity index (χ1n) is 11.1. The quantitative estimate of drug-likeness (QED) is 0.444. The lowest BCUT2D eigenvalue weighted by atomic mass is 9.86. The fraction of sp³-hybridized carbons (Fsp3) is 0.385. The number of hydrogen-bond acceptors (Lipinski definition) is 4. The van der Waals surface area contributed by atoms with Crippen molar-refractivity contribution in [2.45, 2.75) is 52.2 Å². The van der Waals surface area contributed by atoms with Gasteiger partial charge in [-0.25, -0.2) is 4.39 Å². The Morgan fingerprint density at radius 3 is 2.72 bits per heavy atom. The molecule has 1 fully saturated rings. The molecule has 1 aliphatic rings. The third-order valence-corrected chi connectivity index (χ3v) is 5.66. The van der Waals surface area contributed by atoms with Crippen LogP contribution in [-0.2, 0) is 11.4 Å². The molecule has 0 unspecified atom stereocenters. The van der Waals surface area contributed by atoms with Crippen LogP contribution in [0.5, 0.6) is 11.5 Å². The number of nitriles is 1. The summed E-state index contributed by atoms with van der Waals surface area (Å²) in [6, 6.07) is 13.6. The van der Waals surface area contributed by atoms with E-state index in [1.165, 1.54) is 18.6 Å². The maximum absolute atomic E-state index is 13.4. The van der Waals surface area contributed by atoms with Crippen LogP contribution in [0.3, 0.4) is 0 Å². The highest BCUT2D eigenvalue weighted by atomic mass is 19.1. The number of halogens is 1. The summed E-state index contributed by atoms with van der Waals surface area (Å²) in [5, 5.41) is 12.6. The molecule has 1 N–H and O–H groups in total. The first-order valence-corrected chi connectivity index (χ1v) is 11.1. The van der Waals surface area contributed by atoms with Gasteiger partial charge in [-0.05, 0) is 67.2 Å². The summed E-state index contributed by atoms with van der Waals surface area (Å²) in [4.78, 5) is 12.7. The number of amides is 1. The summed E-state index contributed by atoms with van der Waals surface area (Å²) in [5.74, 6) is 0.743. The van der Waals surface area contributed by atoms with Crippen LogP contribution in [0.1, 0.15) is 50.7 Å². The van der Waals surface area contributed by atoms with Crippen LogP contribution in [0.4, 0.5) is 4.39 Å². The van der Waals surface area contributed by atoms with E-state index < -0.39 is 0 Å². The van der Waals surface area contributed by atoms with Gasteiger partial charge in [0.05, 0.1) is 6.61 Å². The molecule has 0 bridgehead atoms. The van der Waals surface area contributed by atoms with E-state index in [9.17, 15) is 14.4 Å². The van der Waals surface area contributed by atoms with E-state index in [0.29, 0.717) is 35.2 Å². The molecular formula is C26H29FN2O3. The fourth-order valence-corrected chi connectivity index (χ4v) is 3.88. The molecule has 0 heterocycles. The largest absolute Gasteiger partial charge is 0.490 e. The lowest BCUT2D eigenvalue weighted by molar-refractivity contribution is -0.118. The molecule has 6 heteroatoms. The number of nitrogens with zero attached hydrogens (tertiary/aromatic N) is 1. The van der Waals surface area contributed by atoms with Gasteiger partial charge < -0.3 is 14.8 Å². The van der Waals surface area contributed by atoms with Crippen molar-refractivity contribution in [3.05, 3.63) is 65.0 Å². The molecule has 2 atom stereocenters. The molecule has 0 aliphatic heterocycles. The summed E-state index contributed by atoms with van der Waals surface area (Å²) in [6.45, 7) is 4.61. The van der Waals surface area contributed by atoms with Crippen LogP contribution in [0.2, 0.25) is 0 Å². The lowest BCUT2D eigenvalue weighted by Gasteiger charge is -2.29. The minimum atomic E-state index is -0.351. The molecule has 2 aromatic carbocycles. The van der Waals surface area contributed by atoms with Gasteiger partial charge in [-0.15, -0.1) is 0 Å². The van der Waals surface area contributed by atoms with E-state index in [0.717, 1.165) is 19.3 Å². The van der Waals surface area contributed by atoms with Gasteiger partial charge in [-0.2, -0.15) is 5.26 Å². The minimum absolute atomic E-state index is 0.0543. The molecule has 0 saturated heterocycles. The van der Waals surface area contributed by atoms with E-state index in [1.807, 2.05) is 13.0 Å². The maximum Gasteiger partial charge on any atom is 0.262 e. The Balaban J connectivity index is 1.74. The van der Waals surface area contributed by atoms with Crippen LogP contribution < -0.4 is 14.8 Å². The summed E-state index contributed by atoms with van der Waals surface area (Å²) in [5.41, 5.74) is 1.42. The normalized spacial score (nSPS) is 18.5. The Hall–Kier alpha value is -3.33. The van der Waals surface area contributed by atoms with Gasteiger partial charge in [0.1, 0.15) is 24.1 Å². The zero-order valence-electron chi connectivity index (χ0n) is 18.6. The SMILES string of the molecule is CCOc1cc(/C=C(\C#N)C(=O)N[C@H]2CCCC[C@@H]2C)ccc1OCc1cccc(F)c1. The highest BCUT2D eigenvalue weighted by Crippen LogP contribution is 2.30. The minimum Gasteiger partial charge on any atom is -0.490 e. The molecule has 0 radical (unpaired) electrons. The Morgan fingerprint density at radius 1 is 1.19 bits per heavy atom. The summed E-state index contributed by atoms with van der Waals surface area (Å²) >= 11 is 0. The molecule has 3 rings (SSSR count). The van der Waals surface area contributed by atoms with Crippen molar-refractivity contribution in [3.8, 4) is 17.6 Å². The number of carbonyl (C=O) groups excluding carboxylic acids is 1. The second-order valence-electron chi connectivity index (χ2n) is 8.07. The Morgan fingerprint density at radius 2 is 2.00 bits per heavy atom. The zero-order valence-corrected chi connectivity index (χ0v) is 18.6. The van der Waals surface area contributed by atoms with Crippen LogP contribution in [0, 0.1) is 23.1 Å². The Kier molecular flexibility index (Phi) is 8.27. The van der Waals surface area contributed by atoms with Crippen molar-refractivity contribution in [1.29, 1.82) is 5.26 Å². The second kappa shape index (κ2) is 11.3. The lowest BCUT2D eigenvalue weighted by Crippen LogP contribution is -2.41. The summed E-state index contributed by atoms with van der Waals surface area (Å²) < 4.78 is 24.9. The predicted molar refractivity (Wildman–Crippen MR) is 121 cm³/mol. The van der Waals surface area contributed by atoms with Gasteiger partial charge in [0.25, 0.3) is 5.91 Å². The predicted octanol–water partition coefficient (Wildman–Crippen LogP) is 5.41. The van der Waals surface area contributed by atoms with Gasteiger partial charge >= 0.3 is 0 Å². The van der Waals surface area contributed by atoms with Crippen molar-refractivity contribution in [2.24, 2.45) is 5.92 Å². The third kappa shape index (κ3) is 6.34. The summed E-state index contributed by atoms with van der Waals surface area (Å²) in [7, 11) is 0. The maximum atomic E-state index is 13.4. The number of nitrogens with one attached hydrogen (secondary N) is 1. The van der Waals surface area contributed by atoms with Crippen molar-refractivity contribution in [1.82, 2.24) is 5.32 Å². The van der Waals surface area contributed by atoms with Gasteiger partial charge in [-0.1, -0.05) is 38.0 Å². The summed E-state index contributed by atoms with van der Waals surface area (Å²) in [6.07, 6.45) is 5.86. The number of benzene rings is 2. The monoisotopic (exact) mass is 436 g/mol. The van der Waals surface area contributed by atoms with Crippen molar-refractivity contribution < 1.29 is 18.7 Å². The molecule has 1 saturated carbocycles. The number of rotatable bonds is 8. The standard InChI is InChI=1S/C26H29FN2O3/c1-3-31-25-15-19(11-12-24(25)32-17-20-8-6-9-22(27)14-20)13-21(16-28)26(30)29-23-10-5-4-7-18(23)2/h6,8-9,11-15,18,23H,3-5,7,10,17H2,1-2H3,(H,29,30)/b21-13+/t18-,23-/m0/s1. The van der Waals surface area contributed by atoms with Crippen LogP contribution in [0.15, 0.2) is 48.0 Å².